The molecule has 2 aromatic heterocycles. The highest BCUT2D eigenvalue weighted by atomic mass is 19.1. The number of halogens is 1. The molecule has 11 rings (SSSR count). The monoisotopic (exact) mass is 909 g/mol. The number of carbonyl (C=O) groups is 4. The van der Waals surface area contributed by atoms with Crippen LogP contribution in [0.2, 0.25) is 0 Å². The minimum absolute atomic E-state index is 0.0422. The number of piperidine rings is 3. The average Bonchev–Trinajstić information content (AvgIpc) is 3.81. The van der Waals surface area contributed by atoms with Crippen molar-refractivity contribution >= 4 is 56.8 Å². The van der Waals surface area contributed by atoms with Crippen molar-refractivity contribution in [2.24, 2.45) is 11.8 Å². The quantitative estimate of drug-likeness (QED) is 0.132. The van der Waals surface area contributed by atoms with Gasteiger partial charge in [0.2, 0.25) is 11.8 Å². The SMILES string of the molecule is CCc1cccc2cc(O)cc(-c3ncc4c(N5CC6CCC(C5)N6)nc(OCCN5CCC(CC6CCN(c7cccc8c7C(=O)N(C7CCC(=O)NC7=O)C8=O)CC6)CC5)nc4c3F)c12. The van der Waals surface area contributed by atoms with Crippen molar-refractivity contribution in [3.8, 4) is 23.0 Å². The number of fused-ring (bicyclic) bond motifs is 5. The van der Waals surface area contributed by atoms with Crippen LogP contribution in [0.25, 0.3) is 32.9 Å². The van der Waals surface area contributed by atoms with Gasteiger partial charge in [-0.1, -0.05) is 31.2 Å². The van der Waals surface area contributed by atoms with Gasteiger partial charge in [-0.25, -0.2) is 4.39 Å². The molecule has 6 aliphatic rings. The number of phenolic OH excluding ortho intramolecular Hbond substituents is 1. The highest BCUT2D eigenvalue weighted by Crippen LogP contribution is 2.40. The summed E-state index contributed by atoms with van der Waals surface area (Å²) < 4.78 is 23.4. The second kappa shape index (κ2) is 17.8. The first-order chi connectivity index (χ1) is 32.6. The fraction of sp³-hybridized carbons (Fsp3) is 0.471. The molecule has 6 aliphatic heterocycles. The van der Waals surface area contributed by atoms with Gasteiger partial charge in [-0.15, -0.1) is 0 Å². The minimum atomic E-state index is -0.987. The maximum absolute atomic E-state index is 17.0. The topological polar surface area (TPSA) is 173 Å². The molecule has 3 N–H and O–H groups in total. The third kappa shape index (κ3) is 8.11. The van der Waals surface area contributed by atoms with Gasteiger partial charge in [-0.3, -0.25) is 39.3 Å². The van der Waals surface area contributed by atoms with Gasteiger partial charge < -0.3 is 25.0 Å². The number of imide groups is 2. The van der Waals surface area contributed by atoms with E-state index in [2.05, 4.69) is 32.3 Å². The van der Waals surface area contributed by atoms with E-state index in [1.54, 1.807) is 30.5 Å². The summed E-state index contributed by atoms with van der Waals surface area (Å²) in [5, 5.41) is 18.9. The highest BCUT2D eigenvalue weighted by Gasteiger charge is 2.46. The fourth-order valence-corrected chi connectivity index (χ4v) is 11.8. The Morgan fingerprint density at radius 3 is 2.33 bits per heavy atom. The Hall–Kier alpha value is -6.26. The van der Waals surface area contributed by atoms with Crippen LogP contribution in [0.3, 0.4) is 0 Å². The number of rotatable bonds is 11. The van der Waals surface area contributed by atoms with Crippen molar-refractivity contribution in [1.82, 2.24) is 35.4 Å². The van der Waals surface area contributed by atoms with Crippen molar-refractivity contribution in [1.29, 1.82) is 0 Å². The fourth-order valence-electron chi connectivity index (χ4n) is 11.8. The van der Waals surface area contributed by atoms with Crippen molar-refractivity contribution in [2.45, 2.75) is 89.3 Å². The first-order valence-corrected chi connectivity index (χ1v) is 24.2. The number of hydrogen-bond donors (Lipinski definition) is 3. The number of likely N-dealkylation sites (tertiary alicyclic amines) is 1. The van der Waals surface area contributed by atoms with Gasteiger partial charge in [0.15, 0.2) is 5.82 Å². The maximum Gasteiger partial charge on any atom is 0.319 e. The molecule has 3 unspecified atom stereocenters. The number of nitrogens with zero attached hydrogens (tertiary/aromatic N) is 7. The van der Waals surface area contributed by atoms with Crippen molar-refractivity contribution in [2.75, 3.05) is 62.2 Å². The number of phenols is 1. The first kappa shape index (κ1) is 43.3. The van der Waals surface area contributed by atoms with Gasteiger partial charge >= 0.3 is 6.01 Å². The number of aromatic hydroxyl groups is 1. The molecule has 8 heterocycles. The molecule has 0 aliphatic carbocycles. The number of hydrogen-bond acceptors (Lipinski definition) is 13. The van der Waals surface area contributed by atoms with Crippen LogP contribution in [0.5, 0.6) is 11.8 Å². The van der Waals surface area contributed by atoms with Crippen LogP contribution in [0.1, 0.15) is 91.0 Å². The van der Waals surface area contributed by atoms with Gasteiger partial charge in [-0.2, -0.15) is 9.97 Å². The summed E-state index contributed by atoms with van der Waals surface area (Å²) in [6, 6.07) is 14.4. The number of anilines is 2. The van der Waals surface area contributed by atoms with Gasteiger partial charge in [0, 0.05) is 63.0 Å². The molecule has 16 heteroatoms. The lowest BCUT2D eigenvalue weighted by Gasteiger charge is -2.38. The van der Waals surface area contributed by atoms with Crippen LogP contribution in [0.4, 0.5) is 15.9 Å². The zero-order chi connectivity index (χ0) is 45.9. The predicted octanol–water partition coefficient (Wildman–Crippen LogP) is 5.99. The molecule has 0 spiro atoms. The Morgan fingerprint density at radius 1 is 0.836 bits per heavy atom. The van der Waals surface area contributed by atoms with E-state index in [-0.39, 0.29) is 35.8 Å². The van der Waals surface area contributed by atoms with E-state index >= 15 is 4.39 Å². The number of ether oxygens (including phenoxy) is 1. The Kier molecular flexibility index (Phi) is 11.5. The number of piperazine rings is 1. The zero-order valence-corrected chi connectivity index (χ0v) is 37.8. The predicted molar refractivity (Wildman–Crippen MR) is 251 cm³/mol. The minimum Gasteiger partial charge on any atom is -0.508 e. The molecule has 5 saturated heterocycles. The third-order valence-electron chi connectivity index (χ3n) is 15.3. The highest BCUT2D eigenvalue weighted by molar-refractivity contribution is 6.25. The Labute approximate surface area is 388 Å². The van der Waals surface area contributed by atoms with Gasteiger partial charge in [-0.05, 0) is 123 Å². The largest absolute Gasteiger partial charge is 0.508 e. The molecule has 4 amide bonds. The third-order valence-corrected chi connectivity index (χ3v) is 15.3. The van der Waals surface area contributed by atoms with Gasteiger partial charge in [0.05, 0.1) is 22.2 Å². The van der Waals surface area contributed by atoms with Crippen LogP contribution >= 0.6 is 0 Å². The van der Waals surface area contributed by atoms with Crippen molar-refractivity contribution < 1.29 is 33.4 Å². The van der Waals surface area contributed by atoms with E-state index in [4.69, 9.17) is 19.7 Å². The summed E-state index contributed by atoms with van der Waals surface area (Å²) in [7, 11) is 0. The number of aromatic nitrogens is 3. The number of benzene rings is 3. The lowest BCUT2D eigenvalue weighted by atomic mass is 9.82. The summed E-state index contributed by atoms with van der Waals surface area (Å²) in [6.07, 6.45) is 10.1. The van der Waals surface area contributed by atoms with Crippen molar-refractivity contribution in [3.05, 3.63) is 77.2 Å². The van der Waals surface area contributed by atoms with E-state index in [1.165, 1.54) is 0 Å². The number of carbonyl (C=O) groups excluding carboxylic acids is 4. The standard InChI is InChI=1S/C51H56FN9O6/c1-2-31-5-3-6-32-24-35(62)25-37(42(31)32)45-44(52)46-38(26-53-45)47(60-27-33-9-10-34(28-60)54-33)57-51(56-46)67-22-21-58-17-13-29(14-18-58)23-30-15-19-59(20-16-30)39-8-4-7-36-43(39)50(66)61(49(36)65)40-11-12-41(63)55-48(40)64/h3-8,24-26,29-30,33-34,40,54,62H,2,9-23,27-28H2,1H3,(H,55,63,64). The molecule has 348 valence electrons. The van der Waals surface area contributed by atoms with Crippen LogP contribution in [-0.4, -0.2) is 124 Å². The Morgan fingerprint density at radius 2 is 1.58 bits per heavy atom. The number of amides is 4. The summed E-state index contributed by atoms with van der Waals surface area (Å²) in [4.78, 5) is 73.8. The molecule has 5 aromatic rings. The molecule has 0 radical (unpaired) electrons. The molecule has 3 atom stereocenters. The van der Waals surface area contributed by atoms with E-state index in [0.717, 1.165) is 118 Å². The first-order valence-electron chi connectivity index (χ1n) is 24.2. The summed E-state index contributed by atoms with van der Waals surface area (Å²) >= 11 is 0. The molecule has 15 nitrogen and oxygen atoms in total. The van der Waals surface area contributed by atoms with E-state index in [1.807, 2.05) is 24.3 Å². The Balaban J connectivity index is 0.726. The second-order valence-corrected chi connectivity index (χ2v) is 19.4. The lowest BCUT2D eigenvalue weighted by Crippen LogP contribution is -2.54. The van der Waals surface area contributed by atoms with E-state index in [0.29, 0.717) is 65.0 Å². The molecule has 67 heavy (non-hydrogen) atoms. The Bertz CT molecular complexity index is 2800. The lowest BCUT2D eigenvalue weighted by molar-refractivity contribution is -0.136. The van der Waals surface area contributed by atoms with Crippen LogP contribution in [0.15, 0.2) is 54.7 Å². The summed E-state index contributed by atoms with van der Waals surface area (Å²) in [5.74, 6) is -0.666. The molecule has 0 saturated carbocycles. The summed E-state index contributed by atoms with van der Waals surface area (Å²) in [5.41, 5.74) is 3.25. The van der Waals surface area contributed by atoms with Gasteiger partial charge in [0.25, 0.3) is 11.8 Å². The van der Waals surface area contributed by atoms with E-state index < -0.39 is 35.5 Å². The van der Waals surface area contributed by atoms with Gasteiger partial charge in [0.1, 0.15) is 35.4 Å². The molecule has 5 fully saturated rings. The van der Waals surface area contributed by atoms with Crippen LogP contribution in [-0.2, 0) is 16.0 Å². The number of pyridine rings is 1. The summed E-state index contributed by atoms with van der Waals surface area (Å²) in [6.45, 7) is 8.09. The number of aryl methyl sites for hydroxylation is 1. The van der Waals surface area contributed by atoms with E-state index in [9.17, 15) is 24.3 Å². The number of nitrogens with one attached hydrogen (secondary N) is 2. The second-order valence-electron chi connectivity index (χ2n) is 19.4. The smallest absolute Gasteiger partial charge is 0.319 e. The zero-order valence-electron chi connectivity index (χ0n) is 37.8. The van der Waals surface area contributed by atoms with Crippen LogP contribution in [0, 0.1) is 17.7 Å². The molecule has 3 aromatic carbocycles. The normalized spacial score (nSPS) is 22.9. The van der Waals surface area contributed by atoms with Crippen molar-refractivity contribution in [3.63, 3.8) is 0 Å². The maximum atomic E-state index is 17.0. The molecular weight excluding hydrogens is 854 g/mol. The molecular formula is C51H56FN9O6. The van der Waals surface area contributed by atoms with Crippen LogP contribution < -0.4 is 25.2 Å². The average molecular weight is 910 g/mol. The molecule has 2 bridgehead atoms.